The lowest BCUT2D eigenvalue weighted by Gasteiger charge is -2.13. The van der Waals surface area contributed by atoms with E-state index in [1.807, 2.05) is 43.3 Å². The van der Waals surface area contributed by atoms with Crippen LogP contribution in [0, 0.1) is 0 Å². The number of thiocarbonyl (C=S) groups is 1. The second-order valence-electron chi connectivity index (χ2n) is 4.76. The normalized spacial score (nSPS) is 10.1. The standard InChI is InChI=1S/C14H22N4O2S/c1-18(2)9-8-13(19)16-17-14(21)15-10-11-4-6-12(20-3)7-5-11/h4-7H,8-10H2,1-3H3,(H,16,19)(H2,15,17,21). The van der Waals surface area contributed by atoms with E-state index >= 15 is 0 Å². The Morgan fingerprint density at radius 1 is 1.24 bits per heavy atom. The fourth-order valence-corrected chi connectivity index (χ4v) is 1.61. The van der Waals surface area contributed by atoms with E-state index in [1.165, 1.54) is 0 Å². The van der Waals surface area contributed by atoms with E-state index in [4.69, 9.17) is 17.0 Å². The van der Waals surface area contributed by atoms with Crippen LogP contribution in [0.15, 0.2) is 24.3 Å². The predicted octanol–water partition coefficient (Wildman–Crippen LogP) is 0.642. The summed E-state index contributed by atoms with van der Waals surface area (Å²) in [7, 11) is 5.47. The number of hydrazine groups is 1. The Kier molecular flexibility index (Phi) is 7.49. The summed E-state index contributed by atoms with van der Waals surface area (Å²) in [6, 6.07) is 7.67. The van der Waals surface area contributed by atoms with Crippen molar-refractivity contribution >= 4 is 23.2 Å². The highest BCUT2D eigenvalue weighted by molar-refractivity contribution is 7.80. The van der Waals surface area contributed by atoms with Crippen molar-refractivity contribution in [2.24, 2.45) is 0 Å². The first kappa shape index (κ1) is 17.2. The molecule has 0 aliphatic carbocycles. The van der Waals surface area contributed by atoms with Crippen molar-refractivity contribution in [2.75, 3.05) is 27.7 Å². The molecular formula is C14H22N4O2S. The highest BCUT2D eigenvalue weighted by atomic mass is 32.1. The molecule has 0 spiro atoms. The summed E-state index contributed by atoms with van der Waals surface area (Å²) < 4.78 is 5.09. The first-order valence-corrected chi connectivity index (χ1v) is 7.02. The van der Waals surface area contributed by atoms with Crippen molar-refractivity contribution in [3.05, 3.63) is 29.8 Å². The van der Waals surface area contributed by atoms with E-state index in [0.717, 1.165) is 11.3 Å². The molecule has 0 aliphatic heterocycles. The Morgan fingerprint density at radius 3 is 2.48 bits per heavy atom. The van der Waals surface area contributed by atoms with Gasteiger partial charge in [-0.15, -0.1) is 0 Å². The molecule has 0 heterocycles. The van der Waals surface area contributed by atoms with Crippen LogP contribution in [-0.2, 0) is 11.3 Å². The van der Waals surface area contributed by atoms with Gasteiger partial charge in [-0.05, 0) is 44.0 Å². The first-order chi connectivity index (χ1) is 10.0. The molecule has 0 atom stereocenters. The molecule has 0 aromatic heterocycles. The number of ether oxygens (including phenoxy) is 1. The summed E-state index contributed by atoms with van der Waals surface area (Å²) in [6.45, 7) is 1.27. The van der Waals surface area contributed by atoms with Gasteiger partial charge >= 0.3 is 0 Å². The van der Waals surface area contributed by atoms with Gasteiger partial charge in [-0.25, -0.2) is 0 Å². The number of nitrogens with one attached hydrogen (secondary N) is 3. The van der Waals surface area contributed by atoms with Gasteiger partial charge in [-0.2, -0.15) is 0 Å². The van der Waals surface area contributed by atoms with Gasteiger partial charge in [0, 0.05) is 19.5 Å². The molecular weight excluding hydrogens is 288 g/mol. The van der Waals surface area contributed by atoms with Crippen molar-refractivity contribution in [3.63, 3.8) is 0 Å². The molecule has 0 saturated heterocycles. The maximum absolute atomic E-state index is 11.5. The monoisotopic (exact) mass is 310 g/mol. The third kappa shape index (κ3) is 7.48. The minimum Gasteiger partial charge on any atom is -0.497 e. The van der Waals surface area contributed by atoms with Crippen LogP contribution in [0.25, 0.3) is 0 Å². The number of carbonyl (C=O) groups excluding carboxylic acids is 1. The second-order valence-corrected chi connectivity index (χ2v) is 5.17. The molecule has 0 radical (unpaired) electrons. The molecule has 0 unspecified atom stereocenters. The Bertz CT molecular complexity index is 463. The van der Waals surface area contributed by atoms with E-state index in [2.05, 4.69) is 16.2 Å². The third-order valence-electron chi connectivity index (χ3n) is 2.71. The number of hydrogen-bond donors (Lipinski definition) is 3. The van der Waals surface area contributed by atoms with E-state index in [1.54, 1.807) is 7.11 Å². The van der Waals surface area contributed by atoms with Gasteiger partial charge in [-0.1, -0.05) is 12.1 Å². The minimum absolute atomic E-state index is 0.0997. The Morgan fingerprint density at radius 2 is 1.90 bits per heavy atom. The van der Waals surface area contributed by atoms with Gasteiger partial charge in [0.1, 0.15) is 5.75 Å². The van der Waals surface area contributed by atoms with Crippen LogP contribution in [0.4, 0.5) is 0 Å². The zero-order valence-electron chi connectivity index (χ0n) is 12.6. The van der Waals surface area contributed by atoms with Gasteiger partial charge in [0.05, 0.1) is 7.11 Å². The van der Waals surface area contributed by atoms with E-state index in [-0.39, 0.29) is 5.91 Å². The number of nitrogens with zero attached hydrogens (tertiary/aromatic N) is 1. The van der Waals surface area contributed by atoms with Crippen molar-refractivity contribution in [1.82, 2.24) is 21.1 Å². The van der Waals surface area contributed by atoms with Gasteiger partial charge in [0.15, 0.2) is 5.11 Å². The lowest BCUT2D eigenvalue weighted by atomic mass is 10.2. The lowest BCUT2D eigenvalue weighted by molar-refractivity contribution is -0.121. The molecule has 0 fully saturated rings. The number of hydrogen-bond acceptors (Lipinski definition) is 4. The van der Waals surface area contributed by atoms with Crippen molar-refractivity contribution in [1.29, 1.82) is 0 Å². The third-order valence-corrected chi connectivity index (χ3v) is 2.96. The molecule has 7 heteroatoms. The Labute approximate surface area is 130 Å². The summed E-state index contributed by atoms with van der Waals surface area (Å²) in [5.41, 5.74) is 6.30. The van der Waals surface area contributed by atoms with Crippen LogP contribution in [0.1, 0.15) is 12.0 Å². The zero-order valence-corrected chi connectivity index (χ0v) is 13.4. The largest absolute Gasteiger partial charge is 0.497 e. The fourth-order valence-electron chi connectivity index (χ4n) is 1.48. The molecule has 1 aromatic rings. The smallest absolute Gasteiger partial charge is 0.239 e. The molecule has 0 aliphatic rings. The molecule has 21 heavy (non-hydrogen) atoms. The van der Waals surface area contributed by atoms with Crippen LogP contribution in [0.5, 0.6) is 5.75 Å². The molecule has 1 aromatic carbocycles. The lowest BCUT2D eigenvalue weighted by Crippen LogP contribution is -2.47. The SMILES string of the molecule is COc1ccc(CNC(=S)NNC(=O)CCN(C)C)cc1. The van der Waals surface area contributed by atoms with Crippen LogP contribution < -0.4 is 20.9 Å². The molecule has 6 nitrogen and oxygen atoms in total. The Balaban J connectivity index is 2.22. The second kappa shape index (κ2) is 9.15. The average molecular weight is 310 g/mol. The number of benzene rings is 1. The number of methoxy groups -OCH3 is 1. The molecule has 116 valence electrons. The maximum Gasteiger partial charge on any atom is 0.239 e. The van der Waals surface area contributed by atoms with E-state index in [0.29, 0.717) is 24.6 Å². The molecule has 0 saturated carbocycles. The van der Waals surface area contributed by atoms with Crippen LogP contribution in [0.2, 0.25) is 0 Å². The Hall–Kier alpha value is -1.86. The number of carbonyl (C=O) groups is 1. The van der Waals surface area contributed by atoms with Gasteiger partial charge in [-0.3, -0.25) is 15.6 Å². The van der Waals surface area contributed by atoms with Crippen LogP contribution in [-0.4, -0.2) is 43.7 Å². The summed E-state index contributed by atoms with van der Waals surface area (Å²) in [5.74, 6) is 0.713. The first-order valence-electron chi connectivity index (χ1n) is 6.61. The topological polar surface area (TPSA) is 65.6 Å². The van der Waals surface area contributed by atoms with Crippen LogP contribution in [0.3, 0.4) is 0 Å². The highest BCUT2D eigenvalue weighted by Crippen LogP contribution is 2.10. The summed E-state index contributed by atoms with van der Waals surface area (Å²) in [6.07, 6.45) is 0.418. The van der Waals surface area contributed by atoms with Gasteiger partial charge in [0.2, 0.25) is 5.91 Å². The van der Waals surface area contributed by atoms with E-state index < -0.39 is 0 Å². The van der Waals surface area contributed by atoms with Crippen molar-refractivity contribution < 1.29 is 9.53 Å². The van der Waals surface area contributed by atoms with Gasteiger partial charge in [0.25, 0.3) is 0 Å². The van der Waals surface area contributed by atoms with Crippen molar-refractivity contribution in [2.45, 2.75) is 13.0 Å². The zero-order chi connectivity index (χ0) is 15.7. The number of amides is 1. The van der Waals surface area contributed by atoms with E-state index in [9.17, 15) is 4.79 Å². The molecule has 3 N–H and O–H groups in total. The molecule has 1 rings (SSSR count). The van der Waals surface area contributed by atoms with Crippen molar-refractivity contribution in [3.8, 4) is 5.75 Å². The quantitative estimate of drug-likeness (QED) is 0.529. The summed E-state index contributed by atoms with van der Waals surface area (Å²) >= 11 is 5.08. The maximum atomic E-state index is 11.5. The summed E-state index contributed by atoms with van der Waals surface area (Å²) in [4.78, 5) is 13.4. The molecule has 0 bridgehead atoms. The van der Waals surface area contributed by atoms with Gasteiger partial charge < -0.3 is 15.0 Å². The minimum atomic E-state index is -0.0997. The summed E-state index contributed by atoms with van der Waals surface area (Å²) in [5, 5.41) is 3.39. The fraction of sp³-hybridized carbons (Fsp3) is 0.429. The molecule has 1 amide bonds. The predicted molar refractivity (Wildman–Crippen MR) is 86.9 cm³/mol. The highest BCUT2D eigenvalue weighted by Gasteiger charge is 2.02. The average Bonchev–Trinajstić information content (AvgIpc) is 2.49. The van der Waals surface area contributed by atoms with Crippen LogP contribution >= 0.6 is 12.2 Å². The number of rotatable bonds is 6.